The molecular weight excluding hydrogens is 335 g/mol. The van der Waals surface area contributed by atoms with Crippen molar-refractivity contribution in [2.45, 2.75) is 26.3 Å². The Balaban J connectivity index is 1.71. The van der Waals surface area contributed by atoms with Gasteiger partial charge in [-0.15, -0.1) is 0 Å². The van der Waals surface area contributed by atoms with E-state index in [0.717, 1.165) is 22.9 Å². The average molecular weight is 356 g/mol. The van der Waals surface area contributed by atoms with Crippen LogP contribution in [0, 0.1) is 19.7 Å². The van der Waals surface area contributed by atoms with Gasteiger partial charge in [-0.2, -0.15) is 0 Å². The summed E-state index contributed by atoms with van der Waals surface area (Å²) in [5.74, 6) is -1.18. The molecule has 1 aliphatic heterocycles. The largest absolute Gasteiger partial charge is 0.494 e. The Labute approximate surface area is 151 Å². The highest BCUT2D eigenvalue weighted by molar-refractivity contribution is 6.04. The Morgan fingerprint density at radius 2 is 1.96 bits per heavy atom. The van der Waals surface area contributed by atoms with Gasteiger partial charge in [-0.25, -0.2) is 4.39 Å². The van der Waals surface area contributed by atoms with Crippen LogP contribution in [0.3, 0.4) is 0 Å². The quantitative estimate of drug-likeness (QED) is 0.916. The molecule has 1 unspecified atom stereocenters. The monoisotopic (exact) mass is 356 g/mol. The summed E-state index contributed by atoms with van der Waals surface area (Å²) in [6, 6.07) is 9.20. The molecule has 136 valence electrons. The molecular formula is C20H21FN2O3. The van der Waals surface area contributed by atoms with Gasteiger partial charge >= 0.3 is 0 Å². The van der Waals surface area contributed by atoms with Gasteiger partial charge < -0.3 is 15.0 Å². The van der Waals surface area contributed by atoms with Crippen LogP contribution >= 0.6 is 0 Å². The zero-order valence-electron chi connectivity index (χ0n) is 15.0. The van der Waals surface area contributed by atoms with E-state index in [1.807, 2.05) is 32.0 Å². The van der Waals surface area contributed by atoms with E-state index in [1.54, 1.807) is 4.90 Å². The number of ether oxygens (including phenoxy) is 1. The number of aryl methyl sites for hydroxylation is 2. The average Bonchev–Trinajstić information content (AvgIpc) is 2.98. The van der Waals surface area contributed by atoms with Crippen molar-refractivity contribution in [3.8, 4) is 5.75 Å². The van der Waals surface area contributed by atoms with Crippen LogP contribution < -0.4 is 15.0 Å². The van der Waals surface area contributed by atoms with Gasteiger partial charge in [0, 0.05) is 17.8 Å². The first-order chi connectivity index (χ1) is 12.4. The summed E-state index contributed by atoms with van der Waals surface area (Å²) in [5, 5.41) is 2.70. The lowest BCUT2D eigenvalue weighted by atomic mass is 10.1. The summed E-state index contributed by atoms with van der Waals surface area (Å²) in [6.45, 7) is 4.54. The van der Waals surface area contributed by atoms with Crippen molar-refractivity contribution in [1.29, 1.82) is 0 Å². The summed E-state index contributed by atoms with van der Waals surface area (Å²) in [5.41, 5.74) is 3.24. The number of hydrogen-bond donors (Lipinski definition) is 1. The standard InChI is InChI=1S/C20H21FN2O3/c1-12-4-6-15(10-13(12)2)23-9-8-17(20(23)25)22-19(24)14-5-7-18(26-3)16(21)11-14/h4-7,10-11,17H,8-9H2,1-3H3,(H,22,24). The van der Waals surface area contributed by atoms with Gasteiger partial charge in [-0.3, -0.25) is 9.59 Å². The lowest BCUT2D eigenvalue weighted by molar-refractivity contribution is -0.118. The predicted molar refractivity (Wildman–Crippen MR) is 97.1 cm³/mol. The molecule has 5 nitrogen and oxygen atoms in total. The van der Waals surface area contributed by atoms with Gasteiger partial charge in [0.05, 0.1) is 7.11 Å². The lowest BCUT2D eigenvalue weighted by Crippen LogP contribution is -2.41. The molecule has 1 aliphatic rings. The minimum Gasteiger partial charge on any atom is -0.494 e. The second-order valence-electron chi connectivity index (χ2n) is 6.42. The normalized spacial score (nSPS) is 16.7. The fourth-order valence-corrected chi connectivity index (χ4v) is 3.01. The van der Waals surface area contributed by atoms with Crippen LogP contribution in [0.2, 0.25) is 0 Å². The van der Waals surface area contributed by atoms with Crippen LogP contribution in [0.5, 0.6) is 5.75 Å². The van der Waals surface area contributed by atoms with Crippen LogP contribution in [0.4, 0.5) is 10.1 Å². The zero-order valence-corrected chi connectivity index (χ0v) is 15.0. The summed E-state index contributed by atoms with van der Waals surface area (Å²) >= 11 is 0. The first kappa shape index (κ1) is 17.9. The Hall–Kier alpha value is -2.89. The first-order valence-electron chi connectivity index (χ1n) is 8.43. The number of carbonyl (C=O) groups is 2. The summed E-state index contributed by atoms with van der Waals surface area (Å²) in [7, 11) is 1.36. The molecule has 0 spiro atoms. The minimum atomic E-state index is -0.616. The van der Waals surface area contributed by atoms with Gasteiger partial charge in [-0.1, -0.05) is 6.07 Å². The number of nitrogens with zero attached hydrogens (tertiary/aromatic N) is 1. The van der Waals surface area contributed by atoms with E-state index in [9.17, 15) is 14.0 Å². The molecule has 1 N–H and O–H groups in total. The SMILES string of the molecule is COc1ccc(C(=O)NC2CCN(c3ccc(C)c(C)c3)C2=O)cc1F. The van der Waals surface area contributed by atoms with Crippen molar-refractivity contribution in [3.63, 3.8) is 0 Å². The second-order valence-corrected chi connectivity index (χ2v) is 6.42. The van der Waals surface area contributed by atoms with Crippen molar-refractivity contribution in [2.75, 3.05) is 18.6 Å². The van der Waals surface area contributed by atoms with Crippen molar-refractivity contribution < 1.29 is 18.7 Å². The Morgan fingerprint density at radius 3 is 2.62 bits per heavy atom. The molecule has 2 aromatic carbocycles. The van der Waals surface area contributed by atoms with Gasteiger partial charge in [-0.05, 0) is 61.7 Å². The third-order valence-electron chi connectivity index (χ3n) is 4.73. The topological polar surface area (TPSA) is 58.6 Å². The van der Waals surface area contributed by atoms with Crippen LogP contribution in [0.25, 0.3) is 0 Å². The highest BCUT2D eigenvalue weighted by Gasteiger charge is 2.34. The van der Waals surface area contributed by atoms with E-state index in [0.29, 0.717) is 13.0 Å². The van der Waals surface area contributed by atoms with E-state index in [-0.39, 0.29) is 17.2 Å². The fraction of sp³-hybridized carbons (Fsp3) is 0.300. The number of benzene rings is 2. The van der Waals surface area contributed by atoms with E-state index in [2.05, 4.69) is 5.32 Å². The van der Waals surface area contributed by atoms with E-state index >= 15 is 0 Å². The molecule has 0 bridgehead atoms. The number of anilines is 1. The number of amides is 2. The molecule has 3 rings (SSSR count). The molecule has 0 saturated carbocycles. The minimum absolute atomic E-state index is 0.0689. The van der Waals surface area contributed by atoms with Crippen molar-refractivity contribution in [3.05, 3.63) is 58.9 Å². The maximum Gasteiger partial charge on any atom is 0.252 e. The highest BCUT2D eigenvalue weighted by Crippen LogP contribution is 2.24. The Morgan fingerprint density at radius 1 is 1.19 bits per heavy atom. The number of rotatable bonds is 4. The maximum absolute atomic E-state index is 13.8. The molecule has 1 heterocycles. The number of methoxy groups -OCH3 is 1. The third-order valence-corrected chi connectivity index (χ3v) is 4.73. The van der Waals surface area contributed by atoms with Crippen molar-refractivity contribution in [2.24, 2.45) is 0 Å². The Bertz CT molecular complexity index is 866. The molecule has 2 aromatic rings. The van der Waals surface area contributed by atoms with E-state index < -0.39 is 17.8 Å². The third kappa shape index (κ3) is 3.40. The van der Waals surface area contributed by atoms with Gasteiger partial charge in [0.1, 0.15) is 6.04 Å². The molecule has 1 saturated heterocycles. The Kier molecular flexibility index (Phi) is 4.93. The fourth-order valence-electron chi connectivity index (χ4n) is 3.01. The molecule has 1 atom stereocenters. The lowest BCUT2D eigenvalue weighted by Gasteiger charge is -2.18. The molecule has 0 radical (unpaired) electrons. The van der Waals surface area contributed by atoms with Gasteiger partial charge in [0.25, 0.3) is 5.91 Å². The molecule has 0 aliphatic carbocycles. The van der Waals surface area contributed by atoms with E-state index in [1.165, 1.54) is 19.2 Å². The van der Waals surface area contributed by atoms with E-state index in [4.69, 9.17) is 4.74 Å². The van der Waals surface area contributed by atoms with Gasteiger partial charge in [0.15, 0.2) is 11.6 Å². The van der Waals surface area contributed by atoms with Crippen LogP contribution in [0.1, 0.15) is 27.9 Å². The van der Waals surface area contributed by atoms with Crippen LogP contribution in [-0.2, 0) is 4.79 Å². The maximum atomic E-state index is 13.8. The first-order valence-corrected chi connectivity index (χ1v) is 8.43. The van der Waals surface area contributed by atoms with Crippen molar-refractivity contribution >= 4 is 17.5 Å². The molecule has 2 amide bonds. The number of carbonyl (C=O) groups excluding carboxylic acids is 2. The highest BCUT2D eigenvalue weighted by atomic mass is 19.1. The van der Waals surface area contributed by atoms with Gasteiger partial charge in [0.2, 0.25) is 5.91 Å². The molecule has 1 fully saturated rings. The molecule has 0 aromatic heterocycles. The summed E-state index contributed by atoms with van der Waals surface area (Å²) in [6.07, 6.45) is 0.510. The number of halogens is 1. The van der Waals surface area contributed by atoms with Crippen molar-refractivity contribution in [1.82, 2.24) is 5.32 Å². The van der Waals surface area contributed by atoms with Crippen LogP contribution in [-0.4, -0.2) is 31.5 Å². The van der Waals surface area contributed by atoms with Crippen LogP contribution in [0.15, 0.2) is 36.4 Å². The second kappa shape index (κ2) is 7.15. The molecule has 26 heavy (non-hydrogen) atoms. The predicted octanol–water partition coefficient (Wildman–Crippen LogP) is 2.99. The number of nitrogens with one attached hydrogen (secondary N) is 1. The summed E-state index contributed by atoms with van der Waals surface area (Å²) in [4.78, 5) is 26.7. The molecule has 6 heteroatoms. The smallest absolute Gasteiger partial charge is 0.252 e. The number of hydrogen-bond acceptors (Lipinski definition) is 3. The summed E-state index contributed by atoms with van der Waals surface area (Å²) < 4.78 is 18.6. The zero-order chi connectivity index (χ0) is 18.8.